The van der Waals surface area contributed by atoms with E-state index in [1.165, 1.54) is 27.2 Å². The summed E-state index contributed by atoms with van der Waals surface area (Å²) in [5.41, 5.74) is 1.30. The first-order valence-corrected chi connectivity index (χ1v) is 12.1. The van der Waals surface area contributed by atoms with Crippen LogP contribution in [0, 0.1) is 0 Å². The SMILES string of the molecule is O=C(c1cc2c(s1)CCC2)N1CCN(S(=O)(=O)c2ccc3c(c2)OCCO3)CC1. The number of carbonyl (C=O) groups is 1. The lowest BCUT2D eigenvalue weighted by molar-refractivity contribution is 0.0702. The lowest BCUT2D eigenvalue weighted by Gasteiger charge is -2.34. The zero-order valence-corrected chi connectivity index (χ0v) is 17.6. The van der Waals surface area contributed by atoms with Crippen LogP contribution >= 0.6 is 11.3 Å². The molecule has 1 saturated heterocycles. The maximum Gasteiger partial charge on any atom is 0.264 e. The molecule has 29 heavy (non-hydrogen) atoms. The van der Waals surface area contributed by atoms with Crippen molar-refractivity contribution in [1.29, 1.82) is 0 Å². The van der Waals surface area contributed by atoms with E-state index < -0.39 is 10.0 Å². The molecular formula is C20H22N2O5S2. The first-order valence-electron chi connectivity index (χ1n) is 9.83. The first kappa shape index (κ1) is 18.9. The van der Waals surface area contributed by atoms with Crippen molar-refractivity contribution in [3.63, 3.8) is 0 Å². The van der Waals surface area contributed by atoms with Gasteiger partial charge in [-0.3, -0.25) is 4.79 Å². The fraction of sp³-hybridized carbons (Fsp3) is 0.450. The maximum atomic E-state index is 13.0. The Morgan fingerprint density at radius 1 is 0.966 bits per heavy atom. The molecule has 3 aliphatic rings. The minimum absolute atomic E-state index is 0.0146. The van der Waals surface area contributed by atoms with Crippen LogP contribution in [-0.2, 0) is 22.9 Å². The summed E-state index contributed by atoms with van der Waals surface area (Å²) in [6.45, 7) is 2.23. The van der Waals surface area contributed by atoms with Gasteiger partial charge in [0.2, 0.25) is 10.0 Å². The van der Waals surface area contributed by atoms with Crippen LogP contribution in [-0.4, -0.2) is 62.9 Å². The summed E-state index contributed by atoms with van der Waals surface area (Å²) < 4.78 is 38.5. The van der Waals surface area contributed by atoms with Gasteiger partial charge in [-0.1, -0.05) is 0 Å². The van der Waals surface area contributed by atoms with Crippen LogP contribution in [0.3, 0.4) is 0 Å². The average Bonchev–Trinajstić information content (AvgIpc) is 3.35. The van der Waals surface area contributed by atoms with Gasteiger partial charge in [0, 0.05) is 37.1 Å². The van der Waals surface area contributed by atoms with Gasteiger partial charge in [0.25, 0.3) is 5.91 Å². The van der Waals surface area contributed by atoms with Crippen molar-refractivity contribution in [2.75, 3.05) is 39.4 Å². The molecule has 0 radical (unpaired) electrons. The number of fused-ring (bicyclic) bond motifs is 2. The summed E-state index contributed by atoms with van der Waals surface area (Å²) >= 11 is 1.59. The van der Waals surface area contributed by atoms with E-state index in [9.17, 15) is 13.2 Å². The molecule has 0 bridgehead atoms. The molecule has 7 nitrogen and oxygen atoms in total. The van der Waals surface area contributed by atoms with Crippen molar-refractivity contribution in [2.24, 2.45) is 0 Å². The first-order chi connectivity index (χ1) is 14.0. The summed E-state index contributed by atoms with van der Waals surface area (Å²) in [7, 11) is -3.64. The van der Waals surface area contributed by atoms with Gasteiger partial charge in [0.15, 0.2) is 11.5 Å². The Bertz CT molecular complexity index is 1030. The second kappa shape index (κ2) is 7.30. The number of thiophene rings is 1. The highest BCUT2D eigenvalue weighted by Gasteiger charge is 2.32. The summed E-state index contributed by atoms with van der Waals surface area (Å²) in [5, 5.41) is 0. The largest absolute Gasteiger partial charge is 0.486 e. The van der Waals surface area contributed by atoms with Gasteiger partial charge in [-0.25, -0.2) is 8.42 Å². The summed E-state index contributed by atoms with van der Waals surface area (Å²) in [6, 6.07) is 6.73. The van der Waals surface area contributed by atoms with E-state index in [0.29, 0.717) is 37.8 Å². The molecular weight excluding hydrogens is 412 g/mol. The molecule has 5 rings (SSSR count). The monoisotopic (exact) mass is 434 g/mol. The number of amides is 1. The predicted molar refractivity (Wildman–Crippen MR) is 108 cm³/mol. The Kier molecular flexibility index (Phi) is 4.76. The highest BCUT2D eigenvalue weighted by atomic mass is 32.2. The summed E-state index contributed by atoms with van der Waals surface area (Å²) in [6.07, 6.45) is 3.29. The van der Waals surface area contributed by atoms with Crippen molar-refractivity contribution in [3.05, 3.63) is 39.6 Å². The van der Waals surface area contributed by atoms with Gasteiger partial charge >= 0.3 is 0 Å². The summed E-state index contributed by atoms with van der Waals surface area (Å²) in [5.74, 6) is 1.03. The molecule has 9 heteroatoms. The highest BCUT2D eigenvalue weighted by Crippen LogP contribution is 2.34. The van der Waals surface area contributed by atoms with Crippen LogP contribution in [0.25, 0.3) is 0 Å². The number of nitrogens with zero attached hydrogens (tertiary/aromatic N) is 2. The third-order valence-electron chi connectivity index (χ3n) is 5.63. The van der Waals surface area contributed by atoms with Crippen LogP contribution in [0.15, 0.2) is 29.2 Å². The van der Waals surface area contributed by atoms with E-state index in [-0.39, 0.29) is 23.9 Å². The van der Waals surface area contributed by atoms with Crippen molar-refractivity contribution >= 4 is 27.3 Å². The molecule has 0 saturated carbocycles. The smallest absolute Gasteiger partial charge is 0.264 e. The van der Waals surface area contributed by atoms with Gasteiger partial charge in [0.1, 0.15) is 13.2 Å². The highest BCUT2D eigenvalue weighted by molar-refractivity contribution is 7.89. The fourth-order valence-corrected chi connectivity index (χ4v) is 6.71. The zero-order valence-electron chi connectivity index (χ0n) is 15.9. The molecule has 1 aromatic carbocycles. The maximum absolute atomic E-state index is 13.0. The third-order valence-corrected chi connectivity index (χ3v) is 8.75. The molecule has 0 atom stereocenters. The van der Waals surface area contributed by atoms with Gasteiger partial charge in [-0.15, -0.1) is 11.3 Å². The molecule has 1 aliphatic carbocycles. The Morgan fingerprint density at radius 2 is 1.72 bits per heavy atom. The van der Waals surface area contributed by atoms with Gasteiger partial charge in [0.05, 0.1) is 9.77 Å². The third kappa shape index (κ3) is 3.41. The zero-order chi connectivity index (χ0) is 20.0. The summed E-state index contributed by atoms with van der Waals surface area (Å²) in [4.78, 5) is 16.9. The number of benzene rings is 1. The van der Waals surface area contributed by atoms with Crippen molar-refractivity contribution < 1.29 is 22.7 Å². The van der Waals surface area contributed by atoms with Crippen molar-refractivity contribution in [2.45, 2.75) is 24.2 Å². The van der Waals surface area contributed by atoms with Gasteiger partial charge < -0.3 is 14.4 Å². The molecule has 3 heterocycles. The van der Waals surface area contributed by atoms with Crippen LogP contribution < -0.4 is 9.47 Å². The standard InChI is InChI=1S/C20H22N2O5S2/c23-20(19-12-14-2-1-3-18(14)28-19)21-6-8-22(9-7-21)29(24,25)15-4-5-16-17(13-15)27-11-10-26-16/h4-5,12-13H,1-3,6-11H2. The topological polar surface area (TPSA) is 76.2 Å². The Hall–Kier alpha value is -2.10. The molecule has 2 aliphatic heterocycles. The van der Waals surface area contributed by atoms with E-state index in [0.717, 1.165) is 17.7 Å². The van der Waals surface area contributed by atoms with E-state index >= 15 is 0 Å². The van der Waals surface area contributed by atoms with E-state index in [1.807, 2.05) is 6.07 Å². The molecule has 2 aromatic rings. The van der Waals surface area contributed by atoms with Crippen molar-refractivity contribution in [1.82, 2.24) is 9.21 Å². The minimum Gasteiger partial charge on any atom is -0.486 e. The van der Waals surface area contributed by atoms with Crippen LogP contribution in [0.1, 0.15) is 26.5 Å². The molecule has 0 unspecified atom stereocenters. The average molecular weight is 435 g/mol. The quantitative estimate of drug-likeness (QED) is 0.740. The second-order valence-corrected chi connectivity index (χ2v) is 10.5. The number of carbonyl (C=O) groups excluding carboxylic acids is 1. The molecule has 0 N–H and O–H groups in total. The number of sulfonamides is 1. The number of ether oxygens (including phenoxy) is 2. The Labute approximate surface area is 173 Å². The lowest BCUT2D eigenvalue weighted by atomic mass is 10.2. The van der Waals surface area contributed by atoms with E-state index in [4.69, 9.17) is 9.47 Å². The molecule has 0 spiro atoms. The minimum atomic E-state index is -3.64. The molecule has 154 valence electrons. The van der Waals surface area contributed by atoms with Crippen LogP contribution in [0.4, 0.5) is 0 Å². The van der Waals surface area contributed by atoms with Crippen LogP contribution in [0.2, 0.25) is 0 Å². The Balaban J connectivity index is 1.27. The molecule has 1 amide bonds. The lowest BCUT2D eigenvalue weighted by Crippen LogP contribution is -2.50. The molecule has 1 fully saturated rings. The normalized spacial score (nSPS) is 19.2. The van der Waals surface area contributed by atoms with E-state index in [1.54, 1.807) is 28.4 Å². The number of piperazine rings is 1. The number of aryl methyl sites for hydroxylation is 2. The molecule has 1 aromatic heterocycles. The van der Waals surface area contributed by atoms with Gasteiger partial charge in [-0.05, 0) is 43.0 Å². The fourth-order valence-electron chi connectivity index (χ4n) is 4.06. The number of hydrogen-bond acceptors (Lipinski definition) is 6. The van der Waals surface area contributed by atoms with Crippen LogP contribution in [0.5, 0.6) is 11.5 Å². The van der Waals surface area contributed by atoms with E-state index in [2.05, 4.69) is 0 Å². The predicted octanol–water partition coefficient (Wildman–Crippen LogP) is 2.15. The Morgan fingerprint density at radius 3 is 2.48 bits per heavy atom. The number of rotatable bonds is 3. The second-order valence-electron chi connectivity index (χ2n) is 7.41. The van der Waals surface area contributed by atoms with Gasteiger partial charge in [-0.2, -0.15) is 4.31 Å². The van der Waals surface area contributed by atoms with Crippen molar-refractivity contribution in [3.8, 4) is 11.5 Å². The number of hydrogen-bond donors (Lipinski definition) is 0.